The van der Waals surface area contributed by atoms with E-state index in [-0.39, 0.29) is 17.6 Å². The predicted molar refractivity (Wildman–Crippen MR) is 115 cm³/mol. The van der Waals surface area contributed by atoms with Gasteiger partial charge in [-0.2, -0.15) is 0 Å². The van der Waals surface area contributed by atoms with E-state index in [1.54, 1.807) is 47.5 Å². The van der Waals surface area contributed by atoms with Gasteiger partial charge >= 0.3 is 0 Å². The summed E-state index contributed by atoms with van der Waals surface area (Å²) in [7, 11) is 0. The van der Waals surface area contributed by atoms with Gasteiger partial charge < -0.3 is 18.9 Å². The van der Waals surface area contributed by atoms with Gasteiger partial charge in [0.2, 0.25) is 5.88 Å². The molecule has 0 N–H and O–H groups in total. The average molecular weight is 417 g/mol. The van der Waals surface area contributed by atoms with Crippen molar-refractivity contribution in [3.05, 3.63) is 82.4 Å². The molecule has 31 heavy (non-hydrogen) atoms. The van der Waals surface area contributed by atoms with Gasteiger partial charge in [0.05, 0.1) is 13.1 Å². The number of rotatable bonds is 6. The van der Waals surface area contributed by atoms with E-state index in [1.807, 2.05) is 29.7 Å². The first-order chi connectivity index (χ1) is 15.1. The highest BCUT2D eigenvalue weighted by Crippen LogP contribution is 2.35. The maximum Gasteiger partial charge on any atom is 0.254 e. The van der Waals surface area contributed by atoms with E-state index < -0.39 is 0 Å². The summed E-state index contributed by atoms with van der Waals surface area (Å²) >= 11 is 0. The van der Waals surface area contributed by atoms with E-state index in [4.69, 9.17) is 9.47 Å². The van der Waals surface area contributed by atoms with E-state index in [0.29, 0.717) is 42.1 Å². The average Bonchev–Trinajstić information content (AvgIpc) is 3.55. The lowest BCUT2D eigenvalue weighted by molar-refractivity contribution is 0.0176. The van der Waals surface area contributed by atoms with E-state index in [2.05, 4.69) is 4.98 Å². The first kappa shape index (κ1) is 19.4. The van der Waals surface area contributed by atoms with Crippen molar-refractivity contribution >= 4 is 5.91 Å². The van der Waals surface area contributed by atoms with E-state index in [0.717, 1.165) is 18.5 Å². The van der Waals surface area contributed by atoms with Gasteiger partial charge in [-0.05, 0) is 50.1 Å². The number of carbonyl (C=O) groups excluding carboxylic acids is 1. The van der Waals surface area contributed by atoms with Crippen LogP contribution in [0.5, 0.6) is 17.4 Å². The molecule has 158 valence electrons. The zero-order valence-electron chi connectivity index (χ0n) is 17.2. The maximum absolute atomic E-state index is 12.8. The summed E-state index contributed by atoms with van der Waals surface area (Å²) in [5.74, 6) is 1.53. The number of pyridine rings is 2. The van der Waals surface area contributed by atoms with Gasteiger partial charge in [-0.25, -0.2) is 4.98 Å². The number of aromatic nitrogens is 2. The topological polar surface area (TPSA) is 73.7 Å². The molecule has 2 aromatic heterocycles. The maximum atomic E-state index is 12.8. The first-order valence-corrected chi connectivity index (χ1v) is 10.4. The molecule has 3 heterocycles. The fraction of sp³-hybridized carbons (Fsp3) is 0.292. The number of hydrogen-bond donors (Lipinski definition) is 0. The van der Waals surface area contributed by atoms with Crippen molar-refractivity contribution in [2.24, 2.45) is 0 Å². The third-order valence-electron chi connectivity index (χ3n) is 5.53. The highest BCUT2D eigenvalue weighted by Gasteiger charge is 2.33. The van der Waals surface area contributed by atoms with Crippen LogP contribution in [0.2, 0.25) is 0 Å². The van der Waals surface area contributed by atoms with E-state index in [1.165, 1.54) is 0 Å². The number of aryl methyl sites for hydroxylation is 1. The highest BCUT2D eigenvalue weighted by molar-refractivity contribution is 5.95. The molecule has 1 saturated heterocycles. The minimum Gasteiger partial charge on any atom is -0.486 e. The summed E-state index contributed by atoms with van der Waals surface area (Å²) in [5.41, 5.74) is 1.45. The summed E-state index contributed by atoms with van der Waals surface area (Å²) in [5, 5.41) is 0. The number of likely N-dealkylation sites (tertiary alicyclic amines) is 1. The molecule has 3 aromatic rings. The van der Waals surface area contributed by atoms with Crippen LogP contribution in [0.3, 0.4) is 0 Å². The van der Waals surface area contributed by atoms with Crippen LogP contribution in [0.25, 0.3) is 0 Å². The van der Waals surface area contributed by atoms with Crippen LogP contribution >= 0.6 is 0 Å². The van der Waals surface area contributed by atoms with Crippen LogP contribution < -0.4 is 15.0 Å². The lowest BCUT2D eigenvalue weighted by Gasteiger charge is -2.39. The molecule has 0 atom stereocenters. The molecule has 0 spiro atoms. The Kier molecular flexibility index (Phi) is 4.94. The molecule has 1 amide bonds. The zero-order chi connectivity index (χ0) is 21.4. The number of nitrogens with zero attached hydrogens (tertiary/aromatic N) is 3. The summed E-state index contributed by atoms with van der Waals surface area (Å²) in [6, 6.07) is 16.3. The fourth-order valence-corrected chi connectivity index (χ4v) is 3.83. The molecule has 1 aliphatic heterocycles. The zero-order valence-corrected chi connectivity index (χ0v) is 17.2. The molecule has 2 fully saturated rings. The number of ether oxygens (including phenoxy) is 2. The van der Waals surface area contributed by atoms with Crippen LogP contribution in [-0.2, 0) is 0 Å². The summed E-state index contributed by atoms with van der Waals surface area (Å²) in [4.78, 5) is 31.0. The van der Waals surface area contributed by atoms with Crippen LogP contribution in [0, 0.1) is 6.92 Å². The van der Waals surface area contributed by atoms with Crippen LogP contribution in [0.4, 0.5) is 0 Å². The lowest BCUT2D eigenvalue weighted by Crippen LogP contribution is -2.56. The smallest absolute Gasteiger partial charge is 0.254 e. The van der Waals surface area contributed by atoms with Crippen molar-refractivity contribution in [2.45, 2.75) is 31.9 Å². The minimum atomic E-state index is -0.118. The predicted octanol–water partition coefficient (Wildman–Crippen LogP) is 3.58. The largest absolute Gasteiger partial charge is 0.486 e. The molecule has 0 unspecified atom stereocenters. The van der Waals surface area contributed by atoms with E-state index >= 15 is 0 Å². The van der Waals surface area contributed by atoms with Gasteiger partial charge in [0, 0.05) is 35.6 Å². The lowest BCUT2D eigenvalue weighted by atomic mass is 10.1. The number of amides is 1. The molecule has 0 radical (unpaired) electrons. The number of hydrogen-bond acceptors (Lipinski definition) is 5. The molecule has 7 heteroatoms. The molecule has 5 rings (SSSR count). The molecule has 0 bridgehead atoms. The molecule has 1 aromatic carbocycles. The minimum absolute atomic E-state index is 0.0190. The van der Waals surface area contributed by atoms with Crippen molar-refractivity contribution in [3.63, 3.8) is 0 Å². The second kappa shape index (κ2) is 7.91. The standard InChI is InChI=1S/C24H23N3O4/c1-16-11-20(13-23(28)27(16)18-8-9-18)30-21-14-26(15-21)24(29)17-5-4-6-19(12-17)31-22-7-2-3-10-25-22/h2-7,10-13,18,21H,8-9,14-15H2,1H3. The van der Waals surface area contributed by atoms with Crippen molar-refractivity contribution in [1.82, 2.24) is 14.5 Å². The quantitative estimate of drug-likeness (QED) is 0.613. The molecule has 1 aliphatic carbocycles. The van der Waals surface area contributed by atoms with Gasteiger partial charge in [-0.1, -0.05) is 12.1 Å². The Hall–Kier alpha value is -3.61. The van der Waals surface area contributed by atoms with Crippen LogP contribution in [0.1, 0.15) is 34.9 Å². The molecule has 2 aliphatic rings. The van der Waals surface area contributed by atoms with Crippen molar-refractivity contribution in [3.8, 4) is 17.4 Å². The van der Waals surface area contributed by atoms with Crippen molar-refractivity contribution in [1.29, 1.82) is 0 Å². The third kappa shape index (κ3) is 4.17. The summed E-state index contributed by atoms with van der Waals surface area (Å²) < 4.78 is 13.5. The number of carbonyl (C=O) groups is 1. The highest BCUT2D eigenvalue weighted by atomic mass is 16.5. The SMILES string of the molecule is Cc1cc(OC2CN(C(=O)c3cccc(Oc4ccccn4)c3)C2)cc(=O)n1C1CC1. The number of benzene rings is 1. The Morgan fingerprint density at radius 1 is 1.03 bits per heavy atom. The van der Waals surface area contributed by atoms with Crippen LogP contribution in [-0.4, -0.2) is 39.6 Å². The molecular weight excluding hydrogens is 394 g/mol. The second-order valence-corrected chi connectivity index (χ2v) is 8.02. The van der Waals surface area contributed by atoms with Crippen molar-refractivity contribution < 1.29 is 14.3 Å². The Balaban J connectivity index is 1.20. The summed E-state index contributed by atoms with van der Waals surface area (Å²) in [6.45, 7) is 2.90. The first-order valence-electron chi connectivity index (χ1n) is 10.4. The molecule has 7 nitrogen and oxygen atoms in total. The Morgan fingerprint density at radius 2 is 1.87 bits per heavy atom. The van der Waals surface area contributed by atoms with Gasteiger partial charge in [-0.3, -0.25) is 9.59 Å². The van der Waals surface area contributed by atoms with Gasteiger partial charge in [0.15, 0.2) is 0 Å². The second-order valence-electron chi connectivity index (χ2n) is 8.02. The fourth-order valence-electron chi connectivity index (χ4n) is 3.83. The summed E-state index contributed by atoms with van der Waals surface area (Å²) in [6.07, 6.45) is 3.66. The third-order valence-corrected chi connectivity index (χ3v) is 5.53. The van der Waals surface area contributed by atoms with Crippen LogP contribution in [0.15, 0.2) is 65.6 Å². The molecule has 1 saturated carbocycles. The normalized spacial score (nSPS) is 16.0. The van der Waals surface area contributed by atoms with Gasteiger partial charge in [0.25, 0.3) is 11.5 Å². The Bertz CT molecular complexity index is 1160. The monoisotopic (exact) mass is 417 g/mol. The van der Waals surface area contributed by atoms with Crippen molar-refractivity contribution in [2.75, 3.05) is 13.1 Å². The Morgan fingerprint density at radius 3 is 2.58 bits per heavy atom. The van der Waals surface area contributed by atoms with Gasteiger partial charge in [0.1, 0.15) is 17.6 Å². The molecular formula is C24H23N3O4. The van der Waals surface area contributed by atoms with E-state index in [9.17, 15) is 9.59 Å². The van der Waals surface area contributed by atoms with Gasteiger partial charge in [-0.15, -0.1) is 0 Å². The Labute approximate surface area is 179 Å².